The van der Waals surface area contributed by atoms with E-state index >= 15 is 0 Å². The molecule has 0 fully saturated rings. The average Bonchev–Trinajstić information content (AvgIpc) is 2.85. The summed E-state index contributed by atoms with van der Waals surface area (Å²) in [5.41, 5.74) is 3.09. The second-order valence-corrected chi connectivity index (χ2v) is 7.30. The zero-order chi connectivity index (χ0) is 20.5. The normalized spacial score (nSPS) is 14.4. The van der Waals surface area contributed by atoms with Crippen molar-refractivity contribution >= 4 is 34.8 Å². The predicted molar refractivity (Wildman–Crippen MR) is 102 cm³/mol. The standard InChI is InChI=1S/C19H17Cl2F3N2O2/c20-14-3-2-12-5-7-26(18(28)19(22,23)24)8-6-13(12)17(14)25-10-11-1-4-16(27)15(21)9-11/h1-4,9,25,27H,5-8,10H2. The molecule has 2 aromatic carbocycles. The van der Waals surface area contributed by atoms with Crippen molar-refractivity contribution in [3.63, 3.8) is 0 Å². The molecule has 0 saturated carbocycles. The Labute approximate surface area is 169 Å². The molecule has 1 amide bonds. The van der Waals surface area contributed by atoms with Crippen LogP contribution in [-0.2, 0) is 24.2 Å². The SMILES string of the molecule is O=C(N1CCc2ccc(Cl)c(NCc3ccc(O)c(Cl)c3)c2CC1)C(F)(F)F. The molecule has 1 aliphatic rings. The van der Waals surface area contributed by atoms with Crippen LogP contribution in [0.2, 0.25) is 10.0 Å². The van der Waals surface area contributed by atoms with Gasteiger partial charge in [-0.25, -0.2) is 0 Å². The van der Waals surface area contributed by atoms with Gasteiger partial charge in [-0.1, -0.05) is 35.3 Å². The number of nitrogens with zero attached hydrogens (tertiary/aromatic N) is 1. The highest BCUT2D eigenvalue weighted by Gasteiger charge is 2.42. The summed E-state index contributed by atoms with van der Waals surface area (Å²) >= 11 is 12.2. The number of rotatable bonds is 3. The van der Waals surface area contributed by atoms with Gasteiger partial charge in [-0.2, -0.15) is 13.2 Å². The Morgan fingerprint density at radius 3 is 2.50 bits per heavy atom. The molecule has 150 valence electrons. The van der Waals surface area contributed by atoms with Gasteiger partial charge >= 0.3 is 12.1 Å². The number of anilines is 1. The number of nitrogens with one attached hydrogen (secondary N) is 1. The van der Waals surface area contributed by atoms with E-state index in [4.69, 9.17) is 23.2 Å². The monoisotopic (exact) mass is 432 g/mol. The number of hydrogen-bond acceptors (Lipinski definition) is 3. The summed E-state index contributed by atoms with van der Waals surface area (Å²) in [5, 5.41) is 13.4. The van der Waals surface area contributed by atoms with Gasteiger partial charge in [-0.05, 0) is 47.7 Å². The molecule has 0 saturated heterocycles. The van der Waals surface area contributed by atoms with Gasteiger partial charge in [0.15, 0.2) is 0 Å². The number of alkyl halides is 3. The molecule has 0 radical (unpaired) electrons. The third kappa shape index (κ3) is 4.47. The highest BCUT2D eigenvalue weighted by molar-refractivity contribution is 6.33. The first-order valence-corrected chi connectivity index (χ1v) is 9.30. The van der Waals surface area contributed by atoms with Crippen LogP contribution in [0.5, 0.6) is 5.75 Å². The largest absolute Gasteiger partial charge is 0.506 e. The molecular weight excluding hydrogens is 416 g/mol. The highest BCUT2D eigenvalue weighted by Crippen LogP contribution is 2.33. The quantitative estimate of drug-likeness (QED) is 0.732. The summed E-state index contributed by atoms with van der Waals surface area (Å²) < 4.78 is 38.3. The first-order valence-electron chi connectivity index (χ1n) is 8.54. The van der Waals surface area contributed by atoms with Gasteiger partial charge in [0.2, 0.25) is 0 Å². The summed E-state index contributed by atoms with van der Waals surface area (Å²) in [6.45, 7) is 0.326. The zero-order valence-electron chi connectivity index (χ0n) is 14.6. The molecule has 0 aromatic heterocycles. The van der Waals surface area contributed by atoms with Gasteiger partial charge < -0.3 is 15.3 Å². The second kappa shape index (κ2) is 8.09. The lowest BCUT2D eigenvalue weighted by molar-refractivity contribution is -0.185. The van der Waals surface area contributed by atoms with Crippen molar-refractivity contribution in [2.75, 3.05) is 18.4 Å². The zero-order valence-corrected chi connectivity index (χ0v) is 16.1. The predicted octanol–water partition coefficient (Wildman–Crippen LogP) is 4.80. The summed E-state index contributed by atoms with van der Waals surface area (Å²) in [7, 11) is 0. The van der Waals surface area contributed by atoms with E-state index in [0.717, 1.165) is 21.6 Å². The maximum absolute atomic E-state index is 12.8. The summed E-state index contributed by atoms with van der Waals surface area (Å²) in [5.74, 6) is -1.84. The fourth-order valence-corrected chi connectivity index (χ4v) is 3.67. The van der Waals surface area contributed by atoms with Crippen LogP contribution in [-0.4, -0.2) is 35.2 Å². The lowest BCUT2D eigenvalue weighted by Crippen LogP contribution is -2.42. The number of carbonyl (C=O) groups is 1. The minimum absolute atomic E-state index is 0.0000141. The van der Waals surface area contributed by atoms with E-state index in [0.29, 0.717) is 23.7 Å². The lowest BCUT2D eigenvalue weighted by atomic mass is 10.0. The molecule has 0 spiro atoms. The molecule has 0 atom stereocenters. The van der Waals surface area contributed by atoms with E-state index in [1.807, 2.05) is 0 Å². The van der Waals surface area contributed by atoms with E-state index in [1.54, 1.807) is 24.3 Å². The minimum Gasteiger partial charge on any atom is -0.506 e. The Morgan fingerprint density at radius 1 is 1.11 bits per heavy atom. The molecule has 0 unspecified atom stereocenters. The van der Waals surface area contributed by atoms with Crippen molar-refractivity contribution in [3.05, 3.63) is 57.1 Å². The lowest BCUT2D eigenvalue weighted by Gasteiger charge is -2.21. The van der Waals surface area contributed by atoms with Crippen LogP contribution < -0.4 is 5.32 Å². The van der Waals surface area contributed by atoms with Crippen molar-refractivity contribution < 1.29 is 23.1 Å². The summed E-state index contributed by atoms with van der Waals surface area (Å²) in [6.07, 6.45) is -4.31. The second-order valence-electron chi connectivity index (χ2n) is 6.49. The molecule has 9 heteroatoms. The number of phenols is 1. The number of phenolic OH excluding ortho intramolecular Hbond substituents is 1. The van der Waals surface area contributed by atoms with Crippen LogP contribution in [0.15, 0.2) is 30.3 Å². The fraction of sp³-hybridized carbons (Fsp3) is 0.316. The number of carbonyl (C=O) groups excluding carboxylic acids is 1. The van der Waals surface area contributed by atoms with Crippen LogP contribution in [0.25, 0.3) is 0 Å². The van der Waals surface area contributed by atoms with Crippen molar-refractivity contribution in [2.24, 2.45) is 0 Å². The third-order valence-electron chi connectivity index (χ3n) is 4.65. The molecule has 3 rings (SSSR count). The van der Waals surface area contributed by atoms with E-state index in [-0.39, 0.29) is 30.3 Å². The molecule has 2 aromatic rings. The Morgan fingerprint density at radius 2 is 1.82 bits per heavy atom. The summed E-state index contributed by atoms with van der Waals surface area (Å²) in [6, 6.07) is 8.26. The number of benzene rings is 2. The number of halogens is 5. The number of fused-ring (bicyclic) bond motifs is 1. The molecule has 4 nitrogen and oxygen atoms in total. The highest BCUT2D eigenvalue weighted by atomic mass is 35.5. The van der Waals surface area contributed by atoms with Gasteiger partial charge in [-0.15, -0.1) is 0 Å². The smallest absolute Gasteiger partial charge is 0.471 e. The van der Waals surface area contributed by atoms with Crippen LogP contribution in [0, 0.1) is 0 Å². The van der Waals surface area contributed by atoms with Crippen LogP contribution in [0.3, 0.4) is 0 Å². The maximum Gasteiger partial charge on any atom is 0.471 e. The average molecular weight is 433 g/mol. The number of hydrogen-bond donors (Lipinski definition) is 2. The van der Waals surface area contributed by atoms with E-state index < -0.39 is 12.1 Å². The Hall–Kier alpha value is -2.12. The van der Waals surface area contributed by atoms with E-state index in [1.165, 1.54) is 6.07 Å². The van der Waals surface area contributed by atoms with Gasteiger partial charge in [-0.3, -0.25) is 4.79 Å². The van der Waals surface area contributed by atoms with Crippen molar-refractivity contribution in [1.29, 1.82) is 0 Å². The first kappa shape index (κ1) is 20.6. The van der Waals surface area contributed by atoms with E-state index in [9.17, 15) is 23.1 Å². The Kier molecular flexibility index (Phi) is 5.95. The fourth-order valence-electron chi connectivity index (χ4n) is 3.22. The topological polar surface area (TPSA) is 52.6 Å². The molecular formula is C19H17Cl2F3N2O2. The van der Waals surface area contributed by atoms with Crippen LogP contribution in [0.4, 0.5) is 18.9 Å². The molecule has 0 aliphatic carbocycles. The van der Waals surface area contributed by atoms with Crippen LogP contribution >= 0.6 is 23.2 Å². The van der Waals surface area contributed by atoms with Crippen molar-refractivity contribution in [1.82, 2.24) is 4.90 Å². The summed E-state index contributed by atoms with van der Waals surface area (Å²) in [4.78, 5) is 12.4. The molecule has 2 N–H and O–H groups in total. The number of aromatic hydroxyl groups is 1. The van der Waals surface area contributed by atoms with Gasteiger partial charge in [0.25, 0.3) is 0 Å². The Bertz CT molecular complexity index is 903. The molecule has 1 heterocycles. The third-order valence-corrected chi connectivity index (χ3v) is 5.27. The molecule has 28 heavy (non-hydrogen) atoms. The minimum atomic E-state index is -4.88. The molecule has 1 aliphatic heterocycles. The van der Waals surface area contributed by atoms with Crippen molar-refractivity contribution in [3.8, 4) is 5.75 Å². The van der Waals surface area contributed by atoms with Gasteiger partial charge in [0.05, 0.1) is 15.7 Å². The van der Waals surface area contributed by atoms with Crippen molar-refractivity contribution in [2.45, 2.75) is 25.6 Å². The van der Waals surface area contributed by atoms with Gasteiger partial charge in [0, 0.05) is 19.6 Å². The first-order chi connectivity index (χ1) is 13.2. The Balaban J connectivity index is 1.80. The van der Waals surface area contributed by atoms with Gasteiger partial charge in [0.1, 0.15) is 5.75 Å². The van der Waals surface area contributed by atoms with E-state index in [2.05, 4.69) is 5.32 Å². The number of amides is 1. The molecule has 0 bridgehead atoms. The maximum atomic E-state index is 12.8. The van der Waals surface area contributed by atoms with Crippen LogP contribution in [0.1, 0.15) is 16.7 Å².